The van der Waals surface area contributed by atoms with E-state index in [-0.39, 0.29) is 36.6 Å². The molecule has 3 N–H and O–H groups in total. The standard InChI is InChI=1S/C18H28N6O2S.HI/c1-3-20-18(21-10-11-22-27(2,25)26)23-16-8-6-12-24(14-16)17-9-5-4-7-15(17)13-19;/h4-5,7,9,16,22H,3,6,8,10-12,14H2,1-2H3,(H2,20,21,23);1H. The highest BCUT2D eigenvalue weighted by Gasteiger charge is 2.22. The number of benzene rings is 1. The fourth-order valence-electron chi connectivity index (χ4n) is 3.07. The van der Waals surface area contributed by atoms with Gasteiger partial charge >= 0.3 is 0 Å². The summed E-state index contributed by atoms with van der Waals surface area (Å²) in [6, 6.07) is 10.1. The molecule has 1 aliphatic heterocycles. The highest BCUT2D eigenvalue weighted by molar-refractivity contribution is 14.0. The predicted molar refractivity (Wildman–Crippen MR) is 124 cm³/mol. The van der Waals surface area contributed by atoms with Gasteiger partial charge in [0.05, 0.1) is 24.1 Å². The first-order chi connectivity index (χ1) is 12.9. The molecule has 1 saturated heterocycles. The van der Waals surface area contributed by atoms with Crippen LogP contribution in [-0.2, 0) is 10.0 Å². The SMILES string of the molecule is CCNC(=NCCNS(C)(=O)=O)NC1CCCN(c2ccccc2C#N)C1.I. The van der Waals surface area contributed by atoms with Gasteiger partial charge in [0.1, 0.15) is 6.07 Å². The van der Waals surface area contributed by atoms with Crippen LogP contribution in [-0.4, -0.2) is 59.4 Å². The number of nitrogens with zero attached hydrogens (tertiary/aromatic N) is 3. The Labute approximate surface area is 184 Å². The van der Waals surface area contributed by atoms with Gasteiger partial charge in [0.2, 0.25) is 10.0 Å². The third kappa shape index (κ3) is 8.20. The summed E-state index contributed by atoms with van der Waals surface area (Å²) in [6.45, 7) is 5.03. The van der Waals surface area contributed by atoms with Crippen molar-refractivity contribution in [2.24, 2.45) is 4.99 Å². The molecule has 28 heavy (non-hydrogen) atoms. The fourth-order valence-corrected chi connectivity index (χ4v) is 3.53. The van der Waals surface area contributed by atoms with Crippen LogP contribution >= 0.6 is 24.0 Å². The van der Waals surface area contributed by atoms with Crippen molar-refractivity contribution in [3.8, 4) is 6.07 Å². The fraction of sp³-hybridized carbons (Fsp3) is 0.556. The molecule has 1 unspecified atom stereocenters. The van der Waals surface area contributed by atoms with Crippen molar-refractivity contribution < 1.29 is 8.42 Å². The van der Waals surface area contributed by atoms with Gasteiger partial charge in [-0.3, -0.25) is 4.99 Å². The summed E-state index contributed by atoms with van der Waals surface area (Å²) in [6.07, 6.45) is 3.17. The van der Waals surface area contributed by atoms with Crippen LogP contribution in [0, 0.1) is 11.3 Å². The minimum atomic E-state index is -3.20. The molecule has 0 saturated carbocycles. The van der Waals surface area contributed by atoms with Crippen LogP contribution in [0.1, 0.15) is 25.3 Å². The summed E-state index contributed by atoms with van der Waals surface area (Å²) >= 11 is 0. The van der Waals surface area contributed by atoms with E-state index >= 15 is 0 Å². The molecule has 0 spiro atoms. The molecule has 1 aliphatic rings. The van der Waals surface area contributed by atoms with E-state index in [9.17, 15) is 13.7 Å². The number of piperidine rings is 1. The highest BCUT2D eigenvalue weighted by atomic mass is 127. The van der Waals surface area contributed by atoms with Crippen molar-refractivity contribution in [3.63, 3.8) is 0 Å². The van der Waals surface area contributed by atoms with Gasteiger partial charge in [-0.05, 0) is 31.9 Å². The Morgan fingerprint density at radius 3 is 2.82 bits per heavy atom. The number of nitrogens with one attached hydrogen (secondary N) is 3. The quantitative estimate of drug-likeness (QED) is 0.216. The second kappa shape index (κ2) is 12.1. The normalized spacial score (nSPS) is 17.4. The molecule has 2 rings (SSSR count). The molecule has 1 aromatic rings. The van der Waals surface area contributed by atoms with E-state index in [4.69, 9.17) is 0 Å². The Bertz CT molecular complexity index is 794. The van der Waals surface area contributed by atoms with Crippen LogP contribution in [0.2, 0.25) is 0 Å². The molecule has 0 aromatic heterocycles. The Kier molecular flexibility index (Phi) is 10.6. The molecule has 0 bridgehead atoms. The molecule has 0 aliphatic carbocycles. The molecule has 10 heteroatoms. The van der Waals surface area contributed by atoms with Crippen molar-refractivity contribution >= 4 is 45.6 Å². The van der Waals surface area contributed by atoms with E-state index < -0.39 is 10.0 Å². The Morgan fingerprint density at radius 1 is 1.39 bits per heavy atom. The van der Waals surface area contributed by atoms with Crippen LogP contribution in [0.5, 0.6) is 0 Å². The summed E-state index contributed by atoms with van der Waals surface area (Å²) in [5.41, 5.74) is 1.65. The molecule has 1 aromatic carbocycles. The number of sulfonamides is 1. The van der Waals surface area contributed by atoms with E-state index in [2.05, 4.69) is 31.3 Å². The Balaban J connectivity index is 0.00000392. The number of para-hydroxylation sites is 1. The van der Waals surface area contributed by atoms with Crippen molar-refractivity contribution in [3.05, 3.63) is 29.8 Å². The van der Waals surface area contributed by atoms with Crippen molar-refractivity contribution in [2.75, 3.05) is 43.9 Å². The number of rotatable bonds is 7. The van der Waals surface area contributed by atoms with E-state index in [0.717, 1.165) is 44.4 Å². The molecule has 1 heterocycles. The van der Waals surface area contributed by atoms with E-state index in [1.165, 1.54) is 0 Å². The Morgan fingerprint density at radius 2 is 2.14 bits per heavy atom. The largest absolute Gasteiger partial charge is 0.368 e. The first-order valence-electron chi connectivity index (χ1n) is 9.16. The molecular weight excluding hydrogens is 491 g/mol. The minimum absolute atomic E-state index is 0. The summed E-state index contributed by atoms with van der Waals surface area (Å²) in [5, 5.41) is 16.0. The summed E-state index contributed by atoms with van der Waals surface area (Å²) in [7, 11) is -3.20. The Hall–Kier alpha value is -1.58. The third-order valence-electron chi connectivity index (χ3n) is 4.22. The lowest BCUT2D eigenvalue weighted by atomic mass is 10.0. The van der Waals surface area contributed by atoms with E-state index in [1.807, 2.05) is 31.2 Å². The van der Waals surface area contributed by atoms with Crippen molar-refractivity contribution in [1.82, 2.24) is 15.4 Å². The first-order valence-corrected chi connectivity index (χ1v) is 11.1. The minimum Gasteiger partial charge on any atom is -0.368 e. The van der Waals surface area contributed by atoms with Crippen LogP contribution in [0.15, 0.2) is 29.3 Å². The van der Waals surface area contributed by atoms with Crippen LogP contribution in [0.25, 0.3) is 0 Å². The third-order valence-corrected chi connectivity index (χ3v) is 4.95. The van der Waals surface area contributed by atoms with Gasteiger partial charge < -0.3 is 15.5 Å². The van der Waals surface area contributed by atoms with Gasteiger partial charge in [0, 0.05) is 32.2 Å². The molecule has 0 amide bonds. The van der Waals surface area contributed by atoms with Crippen LogP contribution in [0.3, 0.4) is 0 Å². The van der Waals surface area contributed by atoms with Crippen molar-refractivity contribution in [2.45, 2.75) is 25.8 Å². The average molecular weight is 520 g/mol. The van der Waals surface area contributed by atoms with E-state index in [0.29, 0.717) is 18.1 Å². The molecule has 1 fully saturated rings. The summed E-state index contributed by atoms with van der Waals surface area (Å²) in [4.78, 5) is 6.67. The highest BCUT2D eigenvalue weighted by Crippen LogP contribution is 2.23. The van der Waals surface area contributed by atoms with Gasteiger partial charge in [0.15, 0.2) is 5.96 Å². The van der Waals surface area contributed by atoms with Crippen LogP contribution in [0.4, 0.5) is 5.69 Å². The molecule has 1 atom stereocenters. The van der Waals surface area contributed by atoms with E-state index in [1.54, 1.807) is 0 Å². The number of anilines is 1. The summed E-state index contributed by atoms with van der Waals surface area (Å²) in [5.74, 6) is 0.674. The number of hydrogen-bond acceptors (Lipinski definition) is 5. The number of hydrogen-bond donors (Lipinski definition) is 3. The first kappa shape index (κ1) is 24.5. The number of aliphatic imine (C=N–C) groups is 1. The predicted octanol–water partition coefficient (Wildman–Crippen LogP) is 1.25. The maximum Gasteiger partial charge on any atom is 0.208 e. The summed E-state index contributed by atoms with van der Waals surface area (Å²) < 4.78 is 24.7. The molecule has 156 valence electrons. The van der Waals surface area contributed by atoms with Gasteiger partial charge in [-0.25, -0.2) is 13.1 Å². The lowest BCUT2D eigenvalue weighted by molar-refractivity contribution is 0.468. The lowest BCUT2D eigenvalue weighted by Gasteiger charge is -2.35. The smallest absolute Gasteiger partial charge is 0.208 e. The maximum atomic E-state index is 11.1. The average Bonchev–Trinajstić information content (AvgIpc) is 2.65. The molecule has 0 radical (unpaired) electrons. The second-order valence-electron chi connectivity index (χ2n) is 6.49. The second-order valence-corrected chi connectivity index (χ2v) is 8.32. The van der Waals surface area contributed by atoms with Gasteiger partial charge in [-0.15, -0.1) is 24.0 Å². The topological polar surface area (TPSA) is 110 Å². The van der Waals surface area contributed by atoms with Gasteiger partial charge in [0.25, 0.3) is 0 Å². The number of nitriles is 1. The molecular formula is C18H29IN6O2S. The maximum absolute atomic E-state index is 11.1. The van der Waals surface area contributed by atoms with Gasteiger partial charge in [-0.1, -0.05) is 12.1 Å². The van der Waals surface area contributed by atoms with Crippen molar-refractivity contribution in [1.29, 1.82) is 5.26 Å². The van der Waals surface area contributed by atoms with Gasteiger partial charge in [-0.2, -0.15) is 5.26 Å². The lowest BCUT2D eigenvalue weighted by Crippen LogP contribution is -2.51. The zero-order valence-corrected chi connectivity index (χ0v) is 19.5. The molecule has 8 nitrogen and oxygen atoms in total. The number of guanidine groups is 1. The van der Waals surface area contributed by atoms with Crippen LogP contribution < -0.4 is 20.3 Å². The zero-order chi connectivity index (χ0) is 19.7. The monoisotopic (exact) mass is 520 g/mol. The zero-order valence-electron chi connectivity index (χ0n) is 16.3. The number of halogens is 1.